The first kappa shape index (κ1) is 21.9. The number of phenolic OH excluding ortho intramolecular Hbond substituents is 1. The zero-order valence-corrected chi connectivity index (χ0v) is 17.8. The highest BCUT2D eigenvalue weighted by molar-refractivity contribution is 9.10. The molecule has 9 heteroatoms. The number of anilines is 1. The summed E-state index contributed by atoms with van der Waals surface area (Å²) in [5.74, 6) is -1.31. The van der Waals surface area contributed by atoms with Gasteiger partial charge in [-0.25, -0.2) is 9.59 Å². The van der Waals surface area contributed by atoms with Gasteiger partial charge in [-0.2, -0.15) is 0 Å². The summed E-state index contributed by atoms with van der Waals surface area (Å²) in [6, 6.07) is 11.5. The second-order valence-corrected chi connectivity index (χ2v) is 7.39. The summed E-state index contributed by atoms with van der Waals surface area (Å²) in [4.78, 5) is 23.3. The molecular weight excluding hydrogens is 498 g/mol. The highest BCUT2D eigenvalue weighted by Crippen LogP contribution is 2.34. The van der Waals surface area contributed by atoms with Crippen LogP contribution in [0.5, 0.6) is 5.75 Å². The smallest absolute Gasteiger partial charge is 0.412 e. The highest BCUT2D eigenvalue weighted by Gasteiger charge is 2.28. The van der Waals surface area contributed by atoms with Crippen LogP contribution in [0, 0.1) is 0 Å². The number of aliphatic carboxylic acids is 1. The Labute approximate surface area is 178 Å². The number of methoxy groups -OCH3 is 1. The summed E-state index contributed by atoms with van der Waals surface area (Å²) in [6.45, 7) is 0. The van der Waals surface area contributed by atoms with Gasteiger partial charge in [0.25, 0.3) is 0 Å². The largest absolute Gasteiger partial charge is 0.508 e. The molecule has 7 nitrogen and oxygen atoms in total. The average molecular weight is 515 g/mol. The fourth-order valence-electron chi connectivity index (χ4n) is 2.34. The average Bonchev–Trinajstić information content (AvgIpc) is 2.65. The fraction of sp³-hybridized carbons (Fsp3) is 0.158. The van der Waals surface area contributed by atoms with E-state index in [4.69, 9.17) is 14.6 Å². The molecule has 1 amide bonds. The number of carboxylic acid groups (broad SMARTS) is 1. The lowest BCUT2D eigenvalue weighted by Crippen LogP contribution is -2.27. The summed E-state index contributed by atoms with van der Waals surface area (Å²) in [5.41, 5.74) is 0.752. The Balaban J connectivity index is 2.31. The zero-order chi connectivity index (χ0) is 20.7. The molecule has 0 aliphatic carbocycles. The van der Waals surface area contributed by atoms with Crippen molar-refractivity contribution in [2.75, 3.05) is 12.4 Å². The third kappa shape index (κ3) is 6.36. The maximum absolute atomic E-state index is 12.4. The molecule has 0 saturated heterocycles. The molecule has 0 saturated carbocycles. The van der Waals surface area contributed by atoms with E-state index in [2.05, 4.69) is 37.2 Å². The Hall–Kier alpha value is -2.36. The van der Waals surface area contributed by atoms with Gasteiger partial charge in [-0.05, 0) is 48.5 Å². The second-order valence-electron chi connectivity index (χ2n) is 5.56. The molecule has 2 aromatic carbocycles. The zero-order valence-electron chi connectivity index (χ0n) is 14.6. The number of aromatic hydroxyl groups is 1. The van der Waals surface area contributed by atoms with Crippen LogP contribution < -0.4 is 5.32 Å². The molecule has 0 unspecified atom stereocenters. The number of rotatable bonds is 7. The van der Waals surface area contributed by atoms with Crippen LogP contribution in [0.2, 0.25) is 0 Å². The summed E-state index contributed by atoms with van der Waals surface area (Å²) >= 11 is 6.61. The first-order valence-corrected chi connectivity index (χ1v) is 9.54. The first-order valence-electron chi connectivity index (χ1n) is 7.95. The molecule has 0 fully saturated rings. The van der Waals surface area contributed by atoms with Crippen LogP contribution >= 0.6 is 31.9 Å². The predicted molar refractivity (Wildman–Crippen MR) is 110 cm³/mol. The van der Waals surface area contributed by atoms with Crippen LogP contribution in [0.4, 0.5) is 10.5 Å². The van der Waals surface area contributed by atoms with Gasteiger partial charge < -0.3 is 19.7 Å². The molecule has 148 valence electrons. The fourth-order valence-corrected chi connectivity index (χ4v) is 2.98. The Kier molecular flexibility index (Phi) is 8.04. The van der Waals surface area contributed by atoms with E-state index in [9.17, 15) is 14.7 Å². The van der Waals surface area contributed by atoms with Gasteiger partial charge in [0.1, 0.15) is 11.9 Å². The summed E-state index contributed by atoms with van der Waals surface area (Å²) in [5, 5.41) is 21.7. The van der Waals surface area contributed by atoms with E-state index in [1.54, 1.807) is 36.4 Å². The minimum atomic E-state index is -1.18. The number of amides is 1. The number of carbonyl (C=O) groups excluding carboxylic acids is 1. The molecule has 0 spiro atoms. The molecule has 0 aliphatic rings. The van der Waals surface area contributed by atoms with E-state index in [1.165, 1.54) is 19.3 Å². The van der Waals surface area contributed by atoms with Crippen LogP contribution in [0.1, 0.15) is 11.7 Å². The van der Waals surface area contributed by atoms with E-state index >= 15 is 0 Å². The normalized spacial score (nSPS) is 13.1. The Bertz CT molecular complexity index is 869. The van der Waals surface area contributed by atoms with Crippen LogP contribution in [-0.2, 0) is 14.3 Å². The molecule has 28 heavy (non-hydrogen) atoms. The SMILES string of the molecule is CO[C@H](/C=C/C(=O)O)[C@H](OC(=O)Nc1ccc(Br)cc1)c1cc(Br)ccc1O. The number of carbonyl (C=O) groups is 2. The van der Waals surface area contributed by atoms with Gasteiger partial charge in [-0.15, -0.1) is 0 Å². The maximum Gasteiger partial charge on any atom is 0.412 e. The molecule has 0 bridgehead atoms. The summed E-state index contributed by atoms with van der Waals surface area (Å²) in [7, 11) is 1.34. The number of hydrogen-bond acceptors (Lipinski definition) is 5. The van der Waals surface area contributed by atoms with E-state index in [1.807, 2.05) is 0 Å². The first-order chi connectivity index (χ1) is 13.3. The Morgan fingerprint density at radius 1 is 1.11 bits per heavy atom. The van der Waals surface area contributed by atoms with Crippen molar-refractivity contribution in [2.24, 2.45) is 0 Å². The van der Waals surface area contributed by atoms with Crippen LogP contribution in [0.25, 0.3) is 0 Å². The molecule has 0 aliphatic heterocycles. The monoisotopic (exact) mass is 513 g/mol. The Morgan fingerprint density at radius 2 is 1.75 bits per heavy atom. The number of hydrogen-bond donors (Lipinski definition) is 3. The van der Waals surface area contributed by atoms with Crippen molar-refractivity contribution in [1.82, 2.24) is 0 Å². The molecule has 2 rings (SSSR count). The lowest BCUT2D eigenvalue weighted by Gasteiger charge is -2.25. The van der Waals surface area contributed by atoms with E-state index < -0.39 is 24.3 Å². The lowest BCUT2D eigenvalue weighted by atomic mass is 10.0. The van der Waals surface area contributed by atoms with Gasteiger partial charge in [0.15, 0.2) is 6.10 Å². The minimum Gasteiger partial charge on any atom is -0.508 e. The van der Waals surface area contributed by atoms with E-state index in [0.717, 1.165) is 10.5 Å². The van der Waals surface area contributed by atoms with Gasteiger partial charge >= 0.3 is 12.1 Å². The quantitative estimate of drug-likeness (QED) is 0.455. The number of carboxylic acids is 1. The predicted octanol–water partition coefficient (Wildman–Crippen LogP) is 4.86. The standard InChI is InChI=1S/C19H17Br2NO6/c1-27-16(8-9-17(24)25)18(14-10-12(21)4-7-15(14)23)28-19(26)22-13-5-2-11(20)3-6-13/h2-10,16,18,23H,1H3,(H,22,26)(H,24,25)/b9-8+/t16-,18-/m1/s1. The highest BCUT2D eigenvalue weighted by atomic mass is 79.9. The number of ether oxygens (including phenoxy) is 2. The number of nitrogens with one attached hydrogen (secondary N) is 1. The maximum atomic E-state index is 12.4. The van der Waals surface area contributed by atoms with Crippen LogP contribution in [0.15, 0.2) is 63.6 Å². The van der Waals surface area contributed by atoms with Crippen molar-refractivity contribution in [3.63, 3.8) is 0 Å². The van der Waals surface area contributed by atoms with Crippen LogP contribution in [-0.4, -0.2) is 35.5 Å². The summed E-state index contributed by atoms with van der Waals surface area (Å²) in [6.07, 6.45) is -0.732. The molecule has 0 heterocycles. The van der Waals surface area contributed by atoms with E-state index in [0.29, 0.717) is 10.2 Å². The molecule has 2 aromatic rings. The molecule has 0 radical (unpaired) electrons. The van der Waals surface area contributed by atoms with Crippen molar-refractivity contribution < 1.29 is 29.3 Å². The third-order valence-corrected chi connectivity index (χ3v) is 4.64. The second kappa shape index (κ2) is 10.3. The van der Waals surface area contributed by atoms with Crippen molar-refractivity contribution in [2.45, 2.75) is 12.2 Å². The minimum absolute atomic E-state index is 0.129. The Morgan fingerprint density at radius 3 is 2.36 bits per heavy atom. The van der Waals surface area contributed by atoms with Crippen molar-refractivity contribution in [1.29, 1.82) is 0 Å². The summed E-state index contributed by atoms with van der Waals surface area (Å²) < 4.78 is 12.3. The molecule has 0 aromatic heterocycles. The van der Waals surface area contributed by atoms with Gasteiger partial charge in [0, 0.05) is 33.4 Å². The van der Waals surface area contributed by atoms with Crippen LogP contribution in [0.3, 0.4) is 0 Å². The third-order valence-electron chi connectivity index (χ3n) is 3.62. The lowest BCUT2D eigenvalue weighted by molar-refractivity contribution is -0.131. The van der Waals surface area contributed by atoms with Crippen molar-refractivity contribution >= 4 is 49.6 Å². The van der Waals surface area contributed by atoms with Gasteiger partial charge in [0.05, 0.1) is 0 Å². The van der Waals surface area contributed by atoms with Gasteiger partial charge in [0.2, 0.25) is 0 Å². The van der Waals surface area contributed by atoms with Gasteiger partial charge in [-0.1, -0.05) is 31.9 Å². The molecule has 2 atom stereocenters. The number of benzene rings is 2. The molecule has 3 N–H and O–H groups in total. The number of halogens is 2. The topological polar surface area (TPSA) is 105 Å². The van der Waals surface area contributed by atoms with Crippen molar-refractivity contribution in [3.8, 4) is 5.75 Å². The molecular formula is C19H17Br2NO6. The number of phenols is 1. The van der Waals surface area contributed by atoms with Crippen molar-refractivity contribution in [3.05, 3.63) is 69.1 Å². The van der Waals surface area contributed by atoms with Gasteiger partial charge in [-0.3, -0.25) is 5.32 Å². The van der Waals surface area contributed by atoms with E-state index in [-0.39, 0.29) is 11.3 Å².